The third-order valence-electron chi connectivity index (χ3n) is 4.70. The lowest BCUT2D eigenvalue weighted by Gasteiger charge is -2.31. The summed E-state index contributed by atoms with van der Waals surface area (Å²) in [5, 5.41) is 3.04. The number of carbonyl (C=O) groups is 1. The molecule has 0 saturated heterocycles. The van der Waals surface area contributed by atoms with Crippen molar-refractivity contribution in [1.29, 1.82) is 0 Å². The first-order valence-corrected chi connectivity index (χ1v) is 8.60. The average Bonchev–Trinajstić information content (AvgIpc) is 2.67. The Kier molecular flexibility index (Phi) is 5.60. The quantitative estimate of drug-likeness (QED) is 0.865. The first-order valence-electron chi connectivity index (χ1n) is 8.60. The SMILES string of the molecule is COc1ccc(CCNC(=O)[C@H](C)N2CCc3cncnc3C2)cc1. The van der Waals surface area contributed by atoms with E-state index in [1.165, 1.54) is 11.1 Å². The summed E-state index contributed by atoms with van der Waals surface area (Å²) in [7, 11) is 1.65. The van der Waals surface area contributed by atoms with E-state index < -0.39 is 0 Å². The molecule has 1 aromatic heterocycles. The zero-order chi connectivity index (χ0) is 17.6. The maximum Gasteiger partial charge on any atom is 0.237 e. The highest BCUT2D eigenvalue weighted by atomic mass is 16.5. The van der Waals surface area contributed by atoms with Crippen molar-refractivity contribution >= 4 is 5.91 Å². The van der Waals surface area contributed by atoms with E-state index in [0.717, 1.165) is 30.8 Å². The number of carbonyl (C=O) groups excluding carboxylic acids is 1. The standard InChI is InChI=1S/C19H24N4O2/c1-14(23-10-8-16-11-20-13-22-18(16)12-23)19(24)21-9-7-15-3-5-17(25-2)6-4-15/h3-6,11,13-14H,7-10,12H2,1-2H3,(H,21,24)/t14-/m0/s1. The molecule has 0 bridgehead atoms. The summed E-state index contributed by atoms with van der Waals surface area (Å²) in [4.78, 5) is 23.0. The van der Waals surface area contributed by atoms with Gasteiger partial charge in [-0.1, -0.05) is 12.1 Å². The van der Waals surface area contributed by atoms with Crippen molar-refractivity contribution < 1.29 is 9.53 Å². The maximum absolute atomic E-state index is 12.4. The van der Waals surface area contributed by atoms with Crippen LogP contribution in [0.15, 0.2) is 36.8 Å². The predicted octanol–water partition coefficient (Wildman–Crippen LogP) is 1.59. The van der Waals surface area contributed by atoms with Gasteiger partial charge in [-0.05, 0) is 43.0 Å². The number of nitrogens with zero attached hydrogens (tertiary/aromatic N) is 3. The minimum atomic E-state index is -0.168. The summed E-state index contributed by atoms with van der Waals surface area (Å²) < 4.78 is 5.15. The molecule has 1 aromatic carbocycles. The summed E-state index contributed by atoms with van der Waals surface area (Å²) >= 11 is 0. The van der Waals surface area contributed by atoms with Gasteiger partial charge in [0.2, 0.25) is 5.91 Å². The van der Waals surface area contributed by atoms with Crippen LogP contribution in [0.2, 0.25) is 0 Å². The van der Waals surface area contributed by atoms with Gasteiger partial charge in [0.25, 0.3) is 0 Å². The average molecular weight is 340 g/mol. The third kappa shape index (κ3) is 4.33. The summed E-state index contributed by atoms with van der Waals surface area (Å²) in [5.41, 5.74) is 3.39. The van der Waals surface area contributed by atoms with Gasteiger partial charge in [-0.25, -0.2) is 9.97 Å². The van der Waals surface area contributed by atoms with Crippen LogP contribution in [-0.4, -0.2) is 47.0 Å². The normalized spacial score (nSPS) is 15.3. The Morgan fingerprint density at radius 2 is 2.16 bits per heavy atom. The van der Waals surface area contributed by atoms with Crippen molar-refractivity contribution in [1.82, 2.24) is 20.2 Å². The molecule has 0 aliphatic carbocycles. The van der Waals surface area contributed by atoms with E-state index >= 15 is 0 Å². The highest BCUT2D eigenvalue weighted by Gasteiger charge is 2.25. The summed E-state index contributed by atoms with van der Waals surface area (Å²) in [6.45, 7) is 4.13. The zero-order valence-electron chi connectivity index (χ0n) is 14.7. The second kappa shape index (κ2) is 8.07. The number of ether oxygens (including phenoxy) is 1. The second-order valence-corrected chi connectivity index (χ2v) is 6.28. The molecule has 3 rings (SSSR count). The van der Waals surface area contributed by atoms with Gasteiger partial charge in [0.1, 0.15) is 12.1 Å². The van der Waals surface area contributed by atoms with Crippen molar-refractivity contribution in [2.75, 3.05) is 20.2 Å². The molecule has 0 saturated carbocycles. The molecule has 1 amide bonds. The van der Waals surface area contributed by atoms with Crippen molar-refractivity contribution in [3.63, 3.8) is 0 Å². The molecule has 132 valence electrons. The number of methoxy groups -OCH3 is 1. The van der Waals surface area contributed by atoms with Crippen LogP contribution < -0.4 is 10.1 Å². The number of amides is 1. The largest absolute Gasteiger partial charge is 0.497 e. The van der Waals surface area contributed by atoms with E-state index in [1.54, 1.807) is 13.4 Å². The van der Waals surface area contributed by atoms with E-state index in [2.05, 4.69) is 20.2 Å². The Bertz CT molecular complexity index is 718. The van der Waals surface area contributed by atoms with Crippen LogP contribution in [0.4, 0.5) is 0 Å². The molecule has 0 spiro atoms. The Labute approximate surface area is 148 Å². The first kappa shape index (κ1) is 17.4. The number of rotatable bonds is 6. The van der Waals surface area contributed by atoms with Crippen LogP contribution in [0.3, 0.4) is 0 Å². The van der Waals surface area contributed by atoms with Crippen LogP contribution in [0.25, 0.3) is 0 Å². The van der Waals surface area contributed by atoms with E-state index in [0.29, 0.717) is 13.1 Å². The van der Waals surface area contributed by atoms with Gasteiger partial charge >= 0.3 is 0 Å². The number of fused-ring (bicyclic) bond motifs is 1. The number of hydrogen-bond acceptors (Lipinski definition) is 5. The lowest BCUT2D eigenvalue weighted by molar-refractivity contribution is -0.126. The Morgan fingerprint density at radius 1 is 1.36 bits per heavy atom. The number of nitrogens with one attached hydrogen (secondary N) is 1. The molecule has 6 nitrogen and oxygen atoms in total. The third-order valence-corrected chi connectivity index (χ3v) is 4.70. The smallest absolute Gasteiger partial charge is 0.237 e. The lowest BCUT2D eigenvalue weighted by atomic mass is 10.1. The van der Waals surface area contributed by atoms with Gasteiger partial charge in [0.05, 0.1) is 18.8 Å². The number of benzene rings is 1. The van der Waals surface area contributed by atoms with E-state index in [4.69, 9.17) is 4.74 Å². The first-order chi connectivity index (χ1) is 12.2. The molecule has 1 aliphatic heterocycles. The minimum Gasteiger partial charge on any atom is -0.497 e. The monoisotopic (exact) mass is 340 g/mol. The fraction of sp³-hybridized carbons (Fsp3) is 0.421. The van der Waals surface area contributed by atoms with Gasteiger partial charge in [-0.3, -0.25) is 9.69 Å². The molecule has 1 atom stereocenters. The second-order valence-electron chi connectivity index (χ2n) is 6.28. The molecular weight excluding hydrogens is 316 g/mol. The molecule has 0 unspecified atom stereocenters. The molecular formula is C19H24N4O2. The Hall–Kier alpha value is -2.47. The maximum atomic E-state index is 12.4. The minimum absolute atomic E-state index is 0.0611. The zero-order valence-corrected chi connectivity index (χ0v) is 14.7. The van der Waals surface area contributed by atoms with Gasteiger partial charge < -0.3 is 10.1 Å². The summed E-state index contributed by atoms with van der Waals surface area (Å²) in [6.07, 6.45) is 5.14. The predicted molar refractivity (Wildman–Crippen MR) is 95.3 cm³/mol. The molecule has 1 N–H and O–H groups in total. The number of hydrogen-bond donors (Lipinski definition) is 1. The van der Waals surface area contributed by atoms with Crippen LogP contribution in [0.5, 0.6) is 5.75 Å². The molecule has 2 aromatic rings. The fourth-order valence-electron chi connectivity index (χ4n) is 3.04. The fourth-order valence-corrected chi connectivity index (χ4v) is 3.04. The van der Waals surface area contributed by atoms with Gasteiger partial charge in [-0.2, -0.15) is 0 Å². The van der Waals surface area contributed by atoms with E-state index in [1.807, 2.05) is 37.4 Å². The van der Waals surface area contributed by atoms with Crippen LogP contribution in [-0.2, 0) is 24.2 Å². The van der Waals surface area contributed by atoms with Crippen LogP contribution in [0.1, 0.15) is 23.7 Å². The van der Waals surface area contributed by atoms with Crippen molar-refractivity contribution in [3.05, 3.63) is 53.6 Å². The molecule has 0 fully saturated rings. The van der Waals surface area contributed by atoms with E-state index in [9.17, 15) is 4.79 Å². The number of aromatic nitrogens is 2. The molecule has 25 heavy (non-hydrogen) atoms. The summed E-state index contributed by atoms with van der Waals surface area (Å²) in [5.74, 6) is 0.904. The van der Waals surface area contributed by atoms with Crippen molar-refractivity contribution in [3.8, 4) is 5.75 Å². The molecule has 6 heteroatoms. The Balaban J connectivity index is 1.48. The van der Waals surface area contributed by atoms with Crippen LogP contribution >= 0.6 is 0 Å². The molecule has 2 heterocycles. The highest BCUT2D eigenvalue weighted by molar-refractivity contribution is 5.81. The van der Waals surface area contributed by atoms with Crippen molar-refractivity contribution in [2.24, 2.45) is 0 Å². The topological polar surface area (TPSA) is 67.3 Å². The van der Waals surface area contributed by atoms with Gasteiger partial charge in [-0.15, -0.1) is 0 Å². The van der Waals surface area contributed by atoms with Gasteiger partial charge in [0, 0.05) is 25.8 Å². The highest BCUT2D eigenvalue weighted by Crippen LogP contribution is 2.17. The summed E-state index contributed by atoms with van der Waals surface area (Å²) in [6, 6.07) is 7.75. The molecule has 1 aliphatic rings. The van der Waals surface area contributed by atoms with Crippen LogP contribution in [0, 0.1) is 0 Å². The molecule has 0 radical (unpaired) electrons. The Morgan fingerprint density at radius 3 is 2.92 bits per heavy atom. The van der Waals surface area contributed by atoms with Gasteiger partial charge in [0.15, 0.2) is 0 Å². The van der Waals surface area contributed by atoms with E-state index in [-0.39, 0.29) is 11.9 Å². The lowest BCUT2D eigenvalue weighted by Crippen LogP contribution is -2.47. The van der Waals surface area contributed by atoms with Crippen molar-refractivity contribution in [2.45, 2.75) is 32.4 Å².